The number of nitro benzene ring substituents is 1. The fourth-order valence-electron chi connectivity index (χ4n) is 3.57. The molecular weight excluding hydrogens is 404 g/mol. The second-order valence-corrected chi connectivity index (χ2v) is 7.04. The zero-order chi connectivity index (χ0) is 22.5. The number of benzene rings is 2. The number of rotatable bonds is 8. The summed E-state index contributed by atoms with van der Waals surface area (Å²) >= 11 is 0. The molecule has 1 atom stereocenters. The van der Waals surface area contributed by atoms with E-state index in [1.807, 2.05) is 6.92 Å². The largest absolute Gasteiger partial charge is 0.493 e. The highest BCUT2D eigenvalue weighted by Gasteiger charge is 2.41. The number of unbranched alkanes of at least 4 members (excludes halogenated alkanes) is 1. The average Bonchev–Trinajstić information content (AvgIpc) is 3.17. The predicted molar refractivity (Wildman–Crippen MR) is 111 cm³/mol. The quantitative estimate of drug-likeness (QED) is 0.273. The van der Waals surface area contributed by atoms with Crippen LogP contribution in [-0.2, 0) is 16.1 Å². The van der Waals surface area contributed by atoms with Gasteiger partial charge >= 0.3 is 5.97 Å². The minimum atomic E-state index is -0.986. The van der Waals surface area contributed by atoms with Gasteiger partial charge < -0.3 is 19.1 Å². The molecule has 1 aliphatic heterocycles. The first-order valence-electron chi connectivity index (χ1n) is 9.88. The number of carbonyl (C=O) groups excluding carboxylic acids is 2. The first kappa shape index (κ1) is 22.1. The van der Waals surface area contributed by atoms with Crippen molar-refractivity contribution in [3.63, 3.8) is 0 Å². The van der Waals surface area contributed by atoms with Crippen molar-refractivity contribution in [2.24, 2.45) is 0 Å². The summed E-state index contributed by atoms with van der Waals surface area (Å²) in [6.07, 6.45) is 1.66. The maximum absolute atomic E-state index is 13.4. The number of amides is 1. The molecule has 9 nitrogen and oxygen atoms in total. The molecule has 0 saturated heterocycles. The van der Waals surface area contributed by atoms with Crippen LogP contribution in [0.1, 0.15) is 47.3 Å². The third kappa shape index (κ3) is 4.30. The number of fused-ring (bicyclic) bond motifs is 1. The maximum atomic E-state index is 13.4. The summed E-state index contributed by atoms with van der Waals surface area (Å²) in [5.41, 5.74) is 0.806. The summed E-state index contributed by atoms with van der Waals surface area (Å²) in [5.74, 6) is -0.894. The van der Waals surface area contributed by atoms with Crippen LogP contribution in [0.5, 0.6) is 11.5 Å². The molecule has 164 valence electrons. The van der Waals surface area contributed by atoms with E-state index in [0.717, 1.165) is 18.4 Å². The average molecular weight is 428 g/mol. The number of ether oxygens (including phenoxy) is 3. The minimum absolute atomic E-state index is 0.128. The molecule has 2 aromatic carbocycles. The van der Waals surface area contributed by atoms with Crippen molar-refractivity contribution in [3.8, 4) is 11.5 Å². The first-order valence-corrected chi connectivity index (χ1v) is 9.88. The Kier molecular flexibility index (Phi) is 6.74. The number of hydrogen-bond acceptors (Lipinski definition) is 7. The van der Waals surface area contributed by atoms with Gasteiger partial charge in [-0.1, -0.05) is 37.6 Å². The van der Waals surface area contributed by atoms with Crippen LogP contribution < -0.4 is 9.47 Å². The standard InChI is InChI=1S/C22H24N2O7/c1-4-5-10-31-19-12-17(24(27)28)16(11-18(19)29-2)21(25)23-13-14-8-6-7-9-15(14)20(23)22(26)30-3/h6-9,11-12,20H,4-5,10,13H2,1-3H3. The molecule has 0 spiro atoms. The van der Waals surface area contributed by atoms with Gasteiger partial charge in [0.05, 0.1) is 31.8 Å². The number of esters is 1. The van der Waals surface area contributed by atoms with E-state index in [1.165, 1.54) is 31.3 Å². The van der Waals surface area contributed by atoms with Crippen LogP contribution in [0.25, 0.3) is 0 Å². The van der Waals surface area contributed by atoms with Crippen LogP contribution in [0.15, 0.2) is 36.4 Å². The lowest BCUT2D eigenvalue weighted by Gasteiger charge is -2.23. The van der Waals surface area contributed by atoms with Crippen LogP contribution >= 0.6 is 0 Å². The third-order valence-corrected chi connectivity index (χ3v) is 5.15. The monoisotopic (exact) mass is 428 g/mol. The van der Waals surface area contributed by atoms with E-state index in [0.29, 0.717) is 12.2 Å². The molecule has 1 unspecified atom stereocenters. The van der Waals surface area contributed by atoms with Crippen molar-refractivity contribution >= 4 is 17.6 Å². The normalized spacial score (nSPS) is 14.7. The molecule has 0 N–H and O–H groups in total. The van der Waals surface area contributed by atoms with Gasteiger partial charge in [0.25, 0.3) is 11.6 Å². The summed E-state index contributed by atoms with van der Waals surface area (Å²) in [7, 11) is 2.63. The smallest absolute Gasteiger partial charge is 0.333 e. The van der Waals surface area contributed by atoms with Gasteiger partial charge in [-0.2, -0.15) is 0 Å². The van der Waals surface area contributed by atoms with Gasteiger partial charge in [-0.25, -0.2) is 4.79 Å². The van der Waals surface area contributed by atoms with Crippen LogP contribution in [0, 0.1) is 10.1 Å². The Hall–Kier alpha value is -3.62. The molecule has 1 amide bonds. The number of nitrogens with zero attached hydrogens (tertiary/aromatic N) is 2. The lowest BCUT2D eigenvalue weighted by atomic mass is 10.0. The van der Waals surface area contributed by atoms with Gasteiger partial charge in [0.15, 0.2) is 17.5 Å². The van der Waals surface area contributed by atoms with Crippen LogP contribution in [0.3, 0.4) is 0 Å². The fourth-order valence-corrected chi connectivity index (χ4v) is 3.57. The molecule has 0 aromatic heterocycles. The molecule has 31 heavy (non-hydrogen) atoms. The van der Waals surface area contributed by atoms with Crippen LogP contribution in [-0.4, -0.2) is 42.5 Å². The van der Waals surface area contributed by atoms with Crippen molar-refractivity contribution in [1.82, 2.24) is 4.90 Å². The Morgan fingerprint density at radius 1 is 1.19 bits per heavy atom. The Morgan fingerprint density at radius 2 is 1.94 bits per heavy atom. The maximum Gasteiger partial charge on any atom is 0.333 e. The van der Waals surface area contributed by atoms with E-state index in [4.69, 9.17) is 14.2 Å². The molecule has 0 aliphatic carbocycles. The lowest BCUT2D eigenvalue weighted by molar-refractivity contribution is -0.385. The third-order valence-electron chi connectivity index (χ3n) is 5.15. The van der Waals surface area contributed by atoms with Crippen molar-refractivity contribution in [3.05, 3.63) is 63.2 Å². The first-order chi connectivity index (χ1) is 14.9. The number of hydrogen-bond donors (Lipinski definition) is 0. The predicted octanol–water partition coefficient (Wildman–Crippen LogP) is 3.65. The van der Waals surface area contributed by atoms with Gasteiger partial charge in [-0.05, 0) is 17.5 Å². The summed E-state index contributed by atoms with van der Waals surface area (Å²) in [4.78, 5) is 38.3. The molecule has 3 rings (SSSR count). The van der Waals surface area contributed by atoms with Crippen molar-refractivity contribution in [2.45, 2.75) is 32.4 Å². The topological polar surface area (TPSA) is 108 Å². The molecule has 0 saturated carbocycles. The van der Waals surface area contributed by atoms with Gasteiger partial charge in [0, 0.05) is 12.6 Å². The molecule has 9 heteroatoms. The number of methoxy groups -OCH3 is 2. The molecule has 0 bridgehead atoms. The molecular formula is C22H24N2O7. The number of carbonyl (C=O) groups is 2. The molecule has 1 aliphatic rings. The Morgan fingerprint density at radius 3 is 2.58 bits per heavy atom. The highest BCUT2D eigenvalue weighted by Crippen LogP contribution is 2.40. The zero-order valence-electron chi connectivity index (χ0n) is 17.6. The summed E-state index contributed by atoms with van der Waals surface area (Å²) < 4.78 is 15.8. The molecule has 0 radical (unpaired) electrons. The minimum Gasteiger partial charge on any atom is -0.493 e. The van der Waals surface area contributed by atoms with E-state index >= 15 is 0 Å². The molecule has 1 heterocycles. The summed E-state index contributed by atoms with van der Waals surface area (Å²) in [6, 6.07) is 8.60. The van der Waals surface area contributed by atoms with Crippen LogP contribution in [0.2, 0.25) is 0 Å². The second kappa shape index (κ2) is 9.46. The van der Waals surface area contributed by atoms with E-state index in [1.54, 1.807) is 24.3 Å². The zero-order valence-corrected chi connectivity index (χ0v) is 17.6. The van der Waals surface area contributed by atoms with Crippen LogP contribution in [0.4, 0.5) is 5.69 Å². The van der Waals surface area contributed by atoms with Gasteiger partial charge in [-0.3, -0.25) is 14.9 Å². The highest BCUT2D eigenvalue weighted by atomic mass is 16.6. The summed E-state index contributed by atoms with van der Waals surface area (Å²) in [6.45, 7) is 2.49. The molecule has 2 aromatic rings. The van der Waals surface area contributed by atoms with E-state index in [-0.39, 0.29) is 23.6 Å². The van der Waals surface area contributed by atoms with E-state index < -0.39 is 28.5 Å². The fraction of sp³-hybridized carbons (Fsp3) is 0.364. The Labute approximate surface area is 179 Å². The van der Waals surface area contributed by atoms with Crippen molar-refractivity contribution in [1.29, 1.82) is 0 Å². The Balaban J connectivity index is 2.04. The molecule has 0 fully saturated rings. The van der Waals surface area contributed by atoms with E-state index in [9.17, 15) is 19.7 Å². The van der Waals surface area contributed by atoms with Gasteiger partial charge in [0.1, 0.15) is 5.56 Å². The van der Waals surface area contributed by atoms with Crippen molar-refractivity contribution < 1.29 is 28.7 Å². The lowest BCUT2D eigenvalue weighted by Crippen LogP contribution is -2.35. The van der Waals surface area contributed by atoms with E-state index in [2.05, 4.69) is 0 Å². The van der Waals surface area contributed by atoms with Gasteiger partial charge in [-0.15, -0.1) is 0 Å². The second-order valence-electron chi connectivity index (χ2n) is 7.04. The number of nitro groups is 1. The Bertz CT molecular complexity index is 1010. The SMILES string of the molecule is CCCCOc1cc([N+](=O)[O-])c(C(=O)N2Cc3ccccc3C2C(=O)OC)cc1OC. The van der Waals surface area contributed by atoms with Crippen molar-refractivity contribution in [2.75, 3.05) is 20.8 Å². The highest BCUT2D eigenvalue weighted by molar-refractivity contribution is 6.01. The van der Waals surface area contributed by atoms with Gasteiger partial charge in [0.2, 0.25) is 0 Å². The summed E-state index contributed by atoms with van der Waals surface area (Å²) in [5, 5.41) is 11.8.